The van der Waals surface area contributed by atoms with Crippen LogP contribution in [0.3, 0.4) is 0 Å². The van der Waals surface area contributed by atoms with Crippen LogP contribution in [0.25, 0.3) is 0 Å². The number of hydrogen-bond donors (Lipinski definition) is 0. The Kier molecular flexibility index (Phi) is 4.99. The smallest absolute Gasteiger partial charge is 0.0406 e. The quantitative estimate of drug-likeness (QED) is 0.539. The maximum Gasteiger partial charge on any atom is 0.0406 e. The molecule has 0 aromatic heterocycles. The molecule has 0 heterocycles. The summed E-state index contributed by atoms with van der Waals surface area (Å²) in [5, 5.41) is 0.833. The molecule has 2 aliphatic carbocycles. The van der Waals surface area contributed by atoms with Gasteiger partial charge >= 0.3 is 0 Å². The van der Waals surface area contributed by atoms with E-state index < -0.39 is 0 Å². The van der Waals surface area contributed by atoms with Gasteiger partial charge in [0.1, 0.15) is 0 Å². The summed E-state index contributed by atoms with van der Waals surface area (Å²) in [6.07, 6.45) is 12.1. The molecule has 0 amide bonds. The Balaban J connectivity index is 1.53. The summed E-state index contributed by atoms with van der Waals surface area (Å²) < 4.78 is 0. The minimum absolute atomic E-state index is 0.645. The lowest BCUT2D eigenvalue weighted by atomic mass is 9.73. The lowest BCUT2D eigenvalue weighted by molar-refractivity contribution is 0.427. The lowest BCUT2D eigenvalue weighted by Gasteiger charge is -2.32. The average Bonchev–Trinajstić information content (AvgIpc) is 2.66. The molecule has 0 radical (unpaired) electrons. The largest absolute Gasteiger partial charge is 0.103 e. The first kappa shape index (κ1) is 16.9. The Bertz CT molecular complexity index is 756. The maximum absolute atomic E-state index is 6.05. The van der Waals surface area contributed by atoms with Gasteiger partial charge in [0.15, 0.2) is 0 Å². The Morgan fingerprint density at radius 1 is 0.920 bits per heavy atom. The van der Waals surface area contributed by atoms with Gasteiger partial charge in [-0.3, -0.25) is 0 Å². The number of halogens is 1. The molecule has 0 N–H and O–H groups in total. The minimum Gasteiger partial charge on any atom is -0.103 e. The van der Waals surface area contributed by atoms with Crippen LogP contribution in [0.5, 0.6) is 0 Å². The topological polar surface area (TPSA) is 0 Å². The van der Waals surface area contributed by atoms with Gasteiger partial charge in [-0.2, -0.15) is 0 Å². The van der Waals surface area contributed by atoms with Crippen molar-refractivity contribution in [2.75, 3.05) is 0 Å². The predicted molar refractivity (Wildman–Crippen MR) is 108 cm³/mol. The standard InChI is InChI=1S/C24H27Cl/c1-2-3-4-17-5-13-23-20(15-17)6-7-21-16-19(10-14-24(21)23)18-8-11-22(25)12-9-18/h2,6-9,11-12,17,19H,1,3-5,10,13-16H2/t17-,19-/m0/s1. The van der Waals surface area contributed by atoms with E-state index >= 15 is 0 Å². The fraction of sp³-hybridized carbons (Fsp3) is 0.417. The first-order valence-corrected chi connectivity index (χ1v) is 10.1. The second kappa shape index (κ2) is 7.38. The molecule has 1 heteroatoms. The van der Waals surface area contributed by atoms with Crippen molar-refractivity contribution in [3.8, 4) is 0 Å². The zero-order valence-corrected chi connectivity index (χ0v) is 15.7. The number of hydrogen-bond acceptors (Lipinski definition) is 0. The van der Waals surface area contributed by atoms with Gasteiger partial charge in [-0.25, -0.2) is 0 Å². The lowest BCUT2D eigenvalue weighted by Crippen LogP contribution is -2.20. The van der Waals surface area contributed by atoms with Crippen LogP contribution in [0.1, 0.15) is 59.4 Å². The van der Waals surface area contributed by atoms with Gasteiger partial charge in [0.05, 0.1) is 0 Å². The Morgan fingerprint density at radius 3 is 2.32 bits per heavy atom. The summed E-state index contributed by atoms with van der Waals surface area (Å²) in [6, 6.07) is 13.3. The molecule has 0 fully saturated rings. The number of allylic oxidation sites excluding steroid dienone is 1. The zero-order valence-electron chi connectivity index (χ0n) is 14.9. The highest BCUT2D eigenvalue weighted by atomic mass is 35.5. The fourth-order valence-corrected chi connectivity index (χ4v) is 4.99. The van der Waals surface area contributed by atoms with Crippen LogP contribution < -0.4 is 0 Å². The van der Waals surface area contributed by atoms with Crippen LogP contribution >= 0.6 is 11.6 Å². The summed E-state index contributed by atoms with van der Waals surface area (Å²) >= 11 is 6.05. The molecule has 0 saturated carbocycles. The fourth-order valence-electron chi connectivity index (χ4n) is 4.86. The Labute approximate surface area is 156 Å². The molecule has 2 aromatic rings. The van der Waals surface area contributed by atoms with E-state index in [1.807, 2.05) is 12.1 Å². The first-order valence-electron chi connectivity index (χ1n) is 9.73. The van der Waals surface area contributed by atoms with Crippen molar-refractivity contribution in [3.63, 3.8) is 0 Å². The van der Waals surface area contributed by atoms with Crippen LogP contribution in [0.4, 0.5) is 0 Å². The molecule has 0 spiro atoms. The Morgan fingerprint density at radius 2 is 1.60 bits per heavy atom. The molecule has 2 atom stereocenters. The number of benzene rings is 2. The van der Waals surface area contributed by atoms with Gasteiger partial charge in [0.25, 0.3) is 0 Å². The second-order valence-corrected chi connectivity index (χ2v) is 8.24. The van der Waals surface area contributed by atoms with Crippen molar-refractivity contribution in [3.05, 3.63) is 81.9 Å². The monoisotopic (exact) mass is 350 g/mol. The van der Waals surface area contributed by atoms with E-state index in [4.69, 9.17) is 11.6 Å². The van der Waals surface area contributed by atoms with Crippen LogP contribution in [0, 0.1) is 5.92 Å². The van der Waals surface area contributed by atoms with Gasteiger partial charge in [-0.05, 0) is 103 Å². The van der Waals surface area contributed by atoms with Crippen LogP contribution in [-0.2, 0) is 25.7 Å². The van der Waals surface area contributed by atoms with Gasteiger partial charge in [0, 0.05) is 5.02 Å². The van der Waals surface area contributed by atoms with Gasteiger partial charge in [-0.1, -0.05) is 41.9 Å². The van der Waals surface area contributed by atoms with Crippen molar-refractivity contribution >= 4 is 11.6 Å². The molecule has 0 saturated heterocycles. The summed E-state index contributed by atoms with van der Waals surface area (Å²) in [4.78, 5) is 0. The van der Waals surface area contributed by atoms with E-state index in [-0.39, 0.29) is 0 Å². The van der Waals surface area contributed by atoms with E-state index in [2.05, 4.69) is 36.9 Å². The highest BCUT2D eigenvalue weighted by Crippen LogP contribution is 2.39. The van der Waals surface area contributed by atoms with Crippen molar-refractivity contribution in [2.45, 2.75) is 57.3 Å². The second-order valence-electron chi connectivity index (χ2n) is 7.81. The van der Waals surface area contributed by atoms with Crippen molar-refractivity contribution in [1.82, 2.24) is 0 Å². The third kappa shape index (κ3) is 3.55. The Hall–Kier alpha value is -1.53. The molecule has 2 aliphatic rings. The molecule has 130 valence electrons. The molecular formula is C24H27Cl. The number of fused-ring (bicyclic) bond motifs is 3. The molecule has 0 aliphatic heterocycles. The van der Waals surface area contributed by atoms with Crippen LogP contribution in [-0.4, -0.2) is 0 Å². The van der Waals surface area contributed by atoms with Gasteiger partial charge in [-0.15, -0.1) is 6.58 Å². The minimum atomic E-state index is 0.645. The summed E-state index contributed by atoms with van der Waals surface area (Å²) in [5.74, 6) is 1.50. The third-order valence-corrected chi connectivity index (χ3v) is 6.52. The normalized spacial score (nSPS) is 22.1. The van der Waals surface area contributed by atoms with Crippen LogP contribution in [0.15, 0.2) is 49.1 Å². The molecule has 0 bridgehead atoms. The van der Waals surface area contributed by atoms with Crippen molar-refractivity contribution in [2.24, 2.45) is 5.92 Å². The SMILES string of the molecule is C=CCC[C@H]1CCc2c(ccc3c2CC[C@H](c2ccc(Cl)cc2)C3)C1. The molecule has 0 unspecified atom stereocenters. The summed E-state index contributed by atoms with van der Waals surface area (Å²) in [7, 11) is 0. The molecule has 4 rings (SSSR count). The third-order valence-electron chi connectivity index (χ3n) is 6.27. The van der Waals surface area contributed by atoms with Gasteiger partial charge in [0.2, 0.25) is 0 Å². The highest BCUT2D eigenvalue weighted by Gasteiger charge is 2.26. The highest BCUT2D eigenvalue weighted by molar-refractivity contribution is 6.30. The van der Waals surface area contributed by atoms with E-state index in [0.717, 1.165) is 17.4 Å². The first-order chi connectivity index (χ1) is 12.2. The number of rotatable bonds is 4. The van der Waals surface area contributed by atoms with E-state index in [0.29, 0.717) is 5.92 Å². The van der Waals surface area contributed by atoms with Crippen molar-refractivity contribution < 1.29 is 0 Å². The van der Waals surface area contributed by atoms with E-state index in [1.54, 1.807) is 22.3 Å². The van der Waals surface area contributed by atoms with Crippen LogP contribution in [0.2, 0.25) is 5.02 Å². The molecule has 2 aromatic carbocycles. The zero-order chi connectivity index (χ0) is 17.2. The average molecular weight is 351 g/mol. The van der Waals surface area contributed by atoms with E-state index in [1.165, 1.54) is 50.5 Å². The molecular weight excluding hydrogens is 324 g/mol. The molecule has 25 heavy (non-hydrogen) atoms. The van der Waals surface area contributed by atoms with Gasteiger partial charge < -0.3 is 0 Å². The maximum atomic E-state index is 6.05. The van der Waals surface area contributed by atoms with Crippen molar-refractivity contribution in [1.29, 1.82) is 0 Å². The summed E-state index contributed by atoms with van der Waals surface area (Å²) in [5.41, 5.74) is 8.04. The van der Waals surface area contributed by atoms with E-state index in [9.17, 15) is 0 Å². The molecule has 0 nitrogen and oxygen atoms in total. The summed E-state index contributed by atoms with van der Waals surface area (Å²) in [6.45, 7) is 3.88. The predicted octanol–water partition coefficient (Wildman–Crippen LogP) is 6.68.